The minimum absolute atomic E-state index is 0.000641. The molecule has 1 aromatic carbocycles. The summed E-state index contributed by atoms with van der Waals surface area (Å²) in [4.78, 5) is 44.7. The standard InChI is InChI=1S/C26H28N4O3S2/c1-16(31)7-8-17-4-2-5-18(12-17)22-13-28-25(35-22)19-14-30(15-19)26(33)21-9-10-23(34-21)29-24(32)20-6-3-11-27-20/h2,4-5,9-10,12-13,19-20,27H,3,6-8,11,14-15H2,1H3,(H,29,32)/t20-/m0/s1. The van der Waals surface area contributed by atoms with Gasteiger partial charge in [0.15, 0.2) is 0 Å². The van der Waals surface area contributed by atoms with Gasteiger partial charge in [-0.25, -0.2) is 4.98 Å². The van der Waals surface area contributed by atoms with Gasteiger partial charge in [-0.3, -0.25) is 9.59 Å². The monoisotopic (exact) mass is 508 g/mol. The molecule has 35 heavy (non-hydrogen) atoms. The van der Waals surface area contributed by atoms with Crippen LogP contribution in [-0.4, -0.2) is 53.2 Å². The van der Waals surface area contributed by atoms with Gasteiger partial charge in [-0.05, 0) is 56.0 Å². The first-order valence-electron chi connectivity index (χ1n) is 11.9. The van der Waals surface area contributed by atoms with Crippen molar-refractivity contribution in [3.8, 4) is 10.4 Å². The summed E-state index contributed by atoms with van der Waals surface area (Å²) in [5.41, 5.74) is 2.27. The van der Waals surface area contributed by atoms with Gasteiger partial charge < -0.3 is 20.3 Å². The second-order valence-corrected chi connectivity index (χ2v) is 11.3. The topological polar surface area (TPSA) is 91.4 Å². The van der Waals surface area contributed by atoms with Crippen LogP contribution in [0.3, 0.4) is 0 Å². The first-order valence-corrected chi connectivity index (χ1v) is 13.6. The second kappa shape index (κ2) is 10.4. The Bertz CT molecular complexity index is 1240. The largest absolute Gasteiger partial charge is 0.336 e. The predicted octanol–water partition coefficient (Wildman–Crippen LogP) is 4.32. The van der Waals surface area contributed by atoms with Crippen molar-refractivity contribution in [1.29, 1.82) is 0 Å². The van der Waals surface area contributed by atoms with E-state index in [1.807, 2.05) is 17.2 Å². The summed E-state index contributed by atoms with van der Waals surface area (Å²) in [6.45, 7) is 3.79. The molecule has 2 aromatic heterocycles. The fourth-order valence-corrected chi connectivity index (χ4v) is 6.28. The summed E-state index contributed by atoms with van der Waals surface area (Å²) >= 11 is 2.99. The minimum atomic E-state index is -0.140. The lowest BCUT2D eigenvalue weighted by atomic mass is 10.0. The number of amides is 2. The van der Waals surface area contributed by atoms with Crippen molar-refractivity contribution in [2.24, 2.45) is 0 Å². The molecule has 3 aromatic rings. The number of thiophene rings is 1. The zero-order valence-electron chi connectivity index (χ0n) is 19.6. The zero-order valence-corrected chi connectivity index (χ0v) is 21.2. The molecule has 2 N–H and O–H groups in total. The summed E-state index contributed by atoms with van der Waals surface area (Å²) in [6, 6.07) is 11.7. The summed E-state index contributed by atoms with van der Waals surface area (Å²) in [7, 11) is 0. The maximum atomic E-state index is 12.9. The molecule has 2 saturated heterocycles. The highest BCUT2D eigenvalue weighted by Crippen LogP contribution is 2.36. The van der Waals surface area contributed by atoms with E-state index >= 15 is 0 Å². The van der Waals surface area contributed by atoms with E-state index in [1.165, 1.54) is 11.3 Å². The van der Waals surface area contributed by atoms with E-state index in [0.717, 1.165) is 46.8 Å². The third kappa shape index (κ3) is 5.52. The molecular formula is C26H28N4O3S2. The first kappa shape index (κ1) is 23.8. The van der Waals surface area contributed by atoms with Gasteiger partial charge in [-0.1, -0.05) is 24.3 Å². The van der Waals surface area contributed by atoms with Crippen LogP contribution in [-0.2, 0) is 16.0 Å². The summed E-state index contributed by atoms with van der Waals surface area (Å²) in [5.74, 6) is 0.410. The Morgan fingerprint density at radius 3 is 2.80 bits per heavy atom. The molecule has 2 aliphatic heterocycles. The summed E-state index contributed by atoms with van der Waals surface area (Å²) in [6.07, 6.45) is 5.07. The lowest BCUT2D eigenvalue weighted by Gasteiger charge is -2.37. The Balaban J connectivity index is 1.15. The number of hydrogen-bond acceptors (Lipinski definition) is 7. The van der Waals surface area contributed by atoms with E-state index < -0.39 is 0 Å². The van der Waals surface area contributed by atoms with Crippen LogP contribution in [0.4, 0.5) is 5.00 Å². The van der Waals surface area contributed by atoms with Gasteiger partial charge in [0.05, 0.1) is 25.8 Å². The third-order valence-electron chi connectivity index (χ3n) is 6.46. The molecule has 0 spiro atoms. The second-order valence-electron chi connectivity index (χ2n) is 9.17. The number of hydrogen-bond donors (Lipinski definition) is 2. The number of Topliss-reactive ketones (excluding diaryl/α,β-unsaturated/α-hetero) is 1. The molecule has 9 heteroatoms. The van der Waals surface area contributed by atoms with E-state index in [0.29, 0.717) is 29.4 Å². The van der Waals surface area contributed by atoms with Crippen LogP contribution < -0.4 is 10.6 Å². The van der Waals surface area contributed by atoms with Gasteiger partial charge >= 0.3 is 0 Å². The SMILES string of the molecule is CC(=O)CCc1cccc(-c2cnc(C3CN(C(=O)c4ccc(NC(=O)[C@@H]5CCCN5)s4)C3)s2)c1. The fourth-order valence-electron chi connectivity index (χ4n) is 4.40. The van der Waals surface area contributed by atoms with Gasteiger partial charge in [0.1, 0.15) is 5.78 Å². The number of likely N-dealkylation sites (tertiary alicyclic amines) is 1. The van der Waals surface area contributed by atoms with Gasteiger partial charge in [0, 0.05) is 31.6 Å². The maximum Gasteiger partial charge on any atom is 0.264 e. The number of nitrogens with one attached hydrogen (secondary N) is 2. The van der Waals surface area contributed by atoms with E-state index in [-0.39, 0.29) is 29.6 Å². The van der Waals surface area contributed by atoms with E-state index in [4.69, 9.17) is 0 Å². The van der Waals surface area contributed by atoms with Crippen molar-refractivity contribution in [3.05, 3.63) is 58.0 Å². The fraction of sp³-hybridized carbons (Fsp3) is 0.385. The molecule has 4 heterocycles. The van der Waals surface area contributed by atoms with Crippen LogP contribution in [0.1, 0.15) is 52.3 Å². The normalized spacial score (nSPS) is 17.9. The molecule has 2 amide bonds. The first-order chi connectivity index (χ1) is 17.0. The lowest BCUT2D eigenvalue weighted by molar-refractivity contribution is -0.118. The number of benzene rings is 1. The lowest BCUT2D eigenvalue weighted by Crippen LogP contribution is -2.48. The number of nitrogens with zero attached hydrogens (tertiary/aromatic N) is 2. The number of ketones is 1. The van der Waals surface area contributed by atoms with Crippen LogP contribution >= 0.6 is 22.7 Å². The van der Waals surface area contributed by atoms with Crippen molar-refractivity contribution in [3.63, 3.8) is 0 Å². The molecule has 0 bridgehead atoms. The average Bonchev–Trinajstić information content (AvgIpc) is 3.58. The highest BCUT2D eigenvalue weighted by molar-refractivity contribution is 7.18. The van der Waals surface area contributed by atoms with Crippen LogP contribution in [0.25, 0.3) is 10.4 Å². The Hall–Kier alpha value is -2.88. The van der Waals surface area contributed by atoms with Crippen LogP contribution in [0, 0.1) is 0 Å². The Morgan fingerprint density at radius 2 is 2.03 bits per heavy atom. The Kier molecular flexibility index (Phi) is 7.08. The average molecular weight is 509 g/mol. The van der Waals surface area contributed by atoms with Crippen molar-refractivity contribution in [1.82, 2.24) is 15.2 Å². The van der Waals surface area contributed by atoms with Gasteiger partial charge in [-0.2, -0.15) is 0 Å². The van der Waals surface area contributed by atoms with Gasteiger partial charge in [-0.15, -0.1) is 22.7 Å². The molecule has 0 unspecified atom stereocenters. The number of aryl methyl sites for hydroxylation is 1. The quantitative estimate of drug-likeness (QED) is 0.473. The number of thiazole rings is 1. The molecular weight excluding hydrogens is 480 g/mol. The molecule has 7 nitrogen and oxygen atoms in total. The number of aromatic nitrogens is 1. The van der Waals surface area contributed by atoms with Crippen LogP contribution in [0.15, 0.2) is 42.6 Å². The van der Waals surface area contributed by atoms with Crippen LogP contribution in [0.2, 0.25) is 0 Å². The van der Waals surface area contributed by atoms with E-state index in [9.17, 15) is 14.4 Å². The van der Waals surface area contributed by atoms with Gasteiger partial charge in [0.2, 0.25) is 5.91 Å². The number of rotatable bonds is 8. The molecule has 5 rings (SSSR count). The third-order valence-corrected chi connectivity index (χ3v) is 8.66. The molecule has 182 valence electrons. The summed E-state index contributed by atoms with van der Waals surface area (Å²) < 4.78 is 0. The molecule has 0 saturated carbocycles. The van der Waals surface area contributed by atoms with Gasteiger partial charge in [0.25, 0.3) is 5.91 Å². The Morgan fingerprint density at radius 1 is 1.17 bits per heavy atom. The van der Waals surface area contributed by atoms with Crippen molar-refractivity contribution in [2.75, 3.05) is 25.0 Å². The van der Waals surface area contributed by atoms with Crippen molar-refractivity contribution in [2.45, 2.75) is 44.6 Å². The minimum Gasteiger partial charge on any atom is -0.336 e. The van der Waals surface area contributed by atoms with E-state index in [1.54, 1.807) is 30.4 Å². The Labute approximate surface area is 212 Å². The molecule has 0 radical (unpaired) electrons. The number of anilines is 1. The number of carbonyl (C=O) groups is 3. The van der Waals surface area contributed by atoms with Crippen molar-refractivity contribution < 1.29 is 14.4 Å². The van der Waals surface area contributed by atoms with E-state index in [2.05, 4.69) is 33.8 Å². The highest BCUT2D eigenvalue weighted by Gasteiger charge is 2.35. The molecule has 2 aliphatic rings. The maximum absolute atomic E-state index is 12.9. The number of carbonyl (C=O) groups excluding carboxylic acids is 3. The molecule has 0 aliphatic carbocycles. The summed E-state index contributed by atoms with van der Waals surface area (Å²) in [5, 5.41) is 7.86. The predicted molar refractivity (Wildman–Crippen MR) is 139 cm³/mol. The molecule has 2 fully saturated rings. The van der Waals surface area contributed by atoms with Crippen molar-refractivity contribution >= 4 is 45.3 Å². The molecule has 1 atom stereocenters. The highest BCUT2D eigenvalue weighted by atomic mass is 32.1. The zero-order chi connectivity index (χ0) is 24.4. The smallest absolute Gasteiger partial charge is 0.264 e. The van der Waals surface area contributed by atoms with Crippen LogP contribution in [0.5, 0.6) is 0 Å².